The zero-order chi connectivity index (χ0) is 24.8. The molecule has 186 valence electrons. The highest BCUT2D eigenvalue weighted by Crippen LogP contribution is 2.52. The first-order valence-corrected chi connectivity index (χ1v) is 11.6. The lowest BCUT2D eigenvalue weighted by molar-refractivity contribution is -0.307. The van der Waals surface area contributed by atoms with Gasteiger partial charge in [0.1, 0.15) is 5.76 Å². The number of allylic oxidation sites excluding steroid dienone is 6. The number of benzene rings is 1. The molecule has 3 aliphatic carbocycles. The summed E-state index contributed by atoms with van der Waals surface area (Å²) in [4.78, 5) is 15.0. The van der Waals surface area contributed by atoms with Crippen molar-refractivity contribution in [2.24, 2.45) is 5.92 Å². The molecule has 1 atom stereocenters. The molecule has 0 aromatic heterocycles. The van der Waals surface area contributed by atoms with Gasteiger partial charge >= 0.3 is 6.36 Å². The molecule has 9 heteroatoms. The third-order valence-corrected chi connectivity index (χ3v) is 7.02. The molecule has 0 radical (unpaired) electrons. The topological polar surface area (TPSA) is 68.2 Å². The minimum absolute atomic E-state index is 0.0112. The zero-order valence-corrected chi connectivity index (χ0v) is 19.2. The summed E-state index contributed by atoms with van der Waals surface area (Å²) < 4.78 is 54.8. The quantitative estimate of drug-likeness (QED) is 0.618. The second-order valence-corrected chi connectivity index (χ2v) is 9.26. The van der Waals surface area contributed by atoms with E-state index in [2.05, 4.69) is 4.74 Å². The number of rotatable bonds is 6. The van der Waals surface area contributed by atoms with Crippen molar-refractivity contribution in [2.45, 2.75) is 43.9 Å². The summed E-state index contributed by atoms with van der Waals surface area (Å²) in [5.41, 5.74) is 1.81. The van der Waals surface area contributed by atoms with Crippen LogP contribution in [0.2, 0.25) is 0 Å². The SMILES string of the molecule is CN(C(=O)C1(c2ccc3c(c2)OCO3)CC1)C1=C(OC(F)(F)F)CCC(C2=CC=CC(CO)C2)=C1. The maximum absolute atomic E-state index is 13.7. The summed E-state index contributed by atoms with van der Waals surface area (Å²) in [5.74, 6) is 0.545. The number of likely N-dealkylation sites (N-methyl/N-ethyl adjacent to an activating group) is 1. The average Bonchev–Trinajstić information content (AvgIpc) is 3.52. The van der Waals surface area contributed by atoms with E-state index in [1.165, 1.54) is 11.9 Å². The molecular weight excluding hydrogens is 463 g/mol. The third-order valence-electron chi connectivity index (χ3n) is 7.02. The lowest BCUT2D eigenvalue weighted by atomic mass is 9.85. The number of ether oxygens (including phenoxy) is 3. The lowest BCUT2D eigenvalue weighted by Crippen LogP contribution is -2.37. The Kier molecular flexibility index (Phi) is 5.91. The van der Waals surface area contributed by atoms with Gasteiger partial charge in [0, 0.05) is 26.0 Å². The Morgan fingerprint density at radius 2 is 1.97 bits per heavy atom. The number of aliphatic hydroxyl groups is 1. The van der Waals surface area contributed by atoms with E-state index < -0.39 is 11.8 Å². The molecule has 1 amide bonds. The van der Waals surface area contributed by atoms with E-state index in [0.717, 1.165) is 16.7 Å². The zero-order valence-electron chi connectivity index (χ0n) is 19.2. The summed E-state index contributed by atoms with van der Waals surface area (Å²) >= 11 is 0. The van der Waals surface area contributed by atoms with Crippen molar-refractivity contribution in [1.29, 1.82) is 0 Å². The fourth-order valence-electron chi connectivity index (χ4n) is 4.96. The number of amides is 1. The molecule has 1 aromatic rings. The Hall–Kier alpha value is -3.20. The second kappa shape index (κ2) is 8.78. The summed E-state index contributed by atoms with van der Waals surface area (Å²) in [7, 11) is 1.50. The van der Waals surface area contributed by atoms with Crippen LogP contribution in [0.3, 0.4) is 0 Å². The Bertz CT molecular complexity index is 1160. The minimum Gasteiger partial charge on any atom is -0.454 e. The van der Waals surface area contributed by atoms with Crippen LogP contribution < -0.4 is 9.47 Å². The van der Waals surface area contributed by atoms with Gasteiger partial charge in [-0.05, 0) is 60.6 Å². The van der Waals surface area contributed by atoms with Crippen molar-refractivity contribution in [3.63, 3.8) is 0 Å². The first-order valence-electron chi connectivity index (χ1n) is 11.6. The van der Waals surface area contributed by atoms with Gasteiger partial charge in [0.15, 0.2) is 11.5 Å². The molecule has 5 rings (SSSR count). The molecule has 6 nitrogen and oxygen atoms in total. The molecule has 4 aliphatic rings. The molecule has 1 aromatic carbocycles. The fraction of sp³-hybridized carbons (Fsp3) is 0.423. The summed E-state index contributed by atoms with van der Waals surface area (Å²) in [6.07, 6.45) is 4.53. The van der Waals surface area contributed by atoms with Crippen LogP contribution in [0.25, 0.3) is 0 Å². The smallest absolute Gasteiger partial charge is 0.454 e. The molecule has 1 saturated carbocycles. The van der Waals surface area contributed by atoms with Crippen molar-refractivity contribution in [3.05, 3.63) is 70.7 Å². The van der Waals surface area contributed by atoms with Crippen LogP contribution in [-0.4, -0.2) is 42.7 Å². The normalized spacial score (nSPS) is 22.5. The van der Waals surface area contributed by atoms with Gasteiger partial charge in [-0.25, -0.2) is 0 Å². The molecule has 1 aliphatic heterocycles. The minimum atomic E-state index is -4.86. The highest BCUT2D eigenvalue weighted by Gasteiger charge is 2.53. The number of carbonyl (C=O) groups is 1. The number of hydrogen-bond donors (Lipinski definition) is 1. The number of carbonyl (C=O) groups excluding carboxylic acids is 1. The van der Waals surface area contributed by atoms with Crippen LogP contribution in [0.4, 0.5) is 13.2 Å². The van der Waals surface area contributed by atoms with Crippen LogP contribution in [-0.2, 0) is 14.9 Å². The Morgan fingerprint density at radius 3 is 2.69 bits per heavy atom. The van der Waals surface area contributed by atoms with E-state index in [-0.39, 0.29) is 43.1 Å². The number of halogens is 3. The van der Waals surface area contributed by atoms with E-state index >= 15 is 0 Å². The first-order chi connectivity index (χ1) is 16.7. The number of alkyl halides is 3. The third kappa shape index (κ3) is 4.57. The van der Waals surface area contributed by atoms with Crippen LogP contribution in [0.1, 0.15) is 37.7 Å². The first kappa shape index (κ1) is 23.5. The van der Waals surface area contributed by atoms with Crippen LogP contribution >= 0.6 is 0 Å². The average molecular weight is 489 g/mol. The standard InChI is InChI=1S/C26H26F3NO5/c1-30(24(32)25(9-10-25)19-6-8-22-23(13-19)34-15-33-22)20-12-18(5-7-21(20)35-26(27,28)29)17-4-2-3-16(11-17)14-31/h2-4,6,8,12-13,16,31H,5,7,9-11,14-15H2,1H3. The van der Waals surface area contributed by atoms with Gasteiger partial charge in [0.2, 0.25) is 12.7 Å². The van der Waals surface area contributed by atoms with Gasteiger partial charge in [-0.1, -0.05) is 24.3 Å². The molecule has 1 N–H and O–H groups in total. The highest BCUT2D eigenvalue weighted by molar-refractivity contribution is 5.93. The molecule has 1 heterocycles. The second-order valence-electron chi connectivity index (χ2n) is 9.26. The van der Waals surface area contributed by atoms with Crippen molar-refractivity contribution in [1.82, 2.24) is 4.90 Å². The predicted molar refractivity (Wildman–Crippen MR) is 120 cm³/mol. The van der Waals surface area contributed by atoms with E-state index in [1.807, 2.05) is 24.3 Å². The van der Waals surface area contributed by atoms with E-state index in [1.54, 1.807) is 18.2 Å². The highest BCUT2D eigenvalue weighted by atomic mass is 19.4. The van der Waals surface area contributed by atoms with Gasteiger partial charge in [-0.2, -0.15) is 0 Å². The van der Waals surface area contributed by atoms with E-state index in [0.29, 0.717) is 37.2 Å². The molecular formula is C26H26F3NO5. The monoisotopic (exact) mass is 489 g/mol. The van der Waals surface area contributed by atoms with Crippen molar-refractivity contribution in [2.75, 3.05) is 20.4 Å². The summed E-state index contributed by atoms with van der Waals surface area (Å²) in [6, 6.07) is 5.34. The van der Waals surface area contributed by atoms with Gasteiger partial charge in [-0.3, -0.25) is 4.79 Å². The maximum Gasteiger partial charge on any atom is 0.572 e. The van der Waals surface area contributed by atoms with E-state index in [4.69, 9.17) is 9.47 Å². The molecule has 0 saturated heterocycles. The fourth-order valence-corrected chi connectivity index (χ4v) is 4.96. The van der Waals surface area contributed by atoms with Crippen LogP contribution in [0.15, 0.2) is 65.1 Å². The Morgan fingerprint density at radius 1 is 1.20 bits per heavy atom. The molecule has 0 spiro atoms. The molecule has 0 bridgehead atoms. The van der Waals surface area contributed by atoms with Crippen molar-refractivity contribution >= 4 is 5.91 Å². The lowest BCUT2D eigenvalue weighted by Gasteiger charge is -2.31. The van der Waals surface area contributed by atoms with E-state index in [9.17, 15) is 23.1 Å². The molecule has 35 heavy (non-hydrogen) atoms. The Balaban J connectivity index is 1.47. The van der Waals surface area contributed by atoms with Gasteiger partial charge in [0.25, 0.3) is 0 Å². The van der Waals surface area contributed by atoms with Crippen molar-refractivity contribution in [3.8, 4) is 11.5 Å². The molecule has 1 unspecified atom stereocenters. The van der Waals surface area contributed by atoms with Crippen molar-refractivity contribution < 1.29 is 37.3 Å². The largest absolute Gasteiger partial charge is 0.572 e. The summed E-state index contributed by atoms with van der Waals surface area (Å²) in [5, 5.41) is 9.53. The van der Waals surface area contributed by atoms with Gasteiger partial charge in [-0.15, -0.1) is 13.2 Å². The number of hydrogen-bond acceptors (Lipinski definition) is 5. The maximum atomic E-state index is 13.7. The van der Waals surface area contributed by atoms with Gasteiger partial charge in [0.05, 0.1) is 11.1 Å². The number of fused-ring (bicyclic) bond motifs is 1. The Labute approximate surface area is 201 Å². The molecule has 1 fully saturated rings. The summed E-state index contributed by atoms with van der Waals surface area (Å²) in [6.45, 7) is 0.100. The van der Waals surface area contributed by atoms with Crippen LogP contribution in [0, 0.1) is 5.92 Å². The van der Waals surface area contributed by atoms with Gasteiger partial charge < -0.3 is 24.2 Å². The van der Waals surface area contributed by atoms with Crippen LogP contribution in [0.5, 0.6) is 11.5 Å². The predicted octanol–water partition coefficient (Wildman–Crippen LogP) is 4.87. The number of aliphatic hydroxyl groups excluding tert-OH is 1. The number of nitrogens with zero attached hydrogens (tertiary/aromatic N) is 1.